The number of aliphatic imine (C=N–C) groups is 1. The molecule has 1 atom stereocenters. The molecule has 0 spiro atoms. The average molecular weight is 333 g/mol. The Kier molecular flexibility index (Phi) is 5.23. The van der Waals surface area contributed by atoms with Crippen LogP contribution >= 0.6 is 0 Å². The van der Waals surface area contributed by atoms with Gasteiger partial charge in [0.2, 0.25) is 0 Å². The fourth-order valence-corrected chi connectivity index (χ4v) is 2.25. The van der Waals surface area contributed by atoms with Gasteiger partial charge in [0.1, 0.15) is 0 Å². The maximum atomic E-state index is 12.2. The summed E-state index contributed by atoms with van der Waals surface area (Å²) in [4.78, 5) is 28.4. The average Bonchev–Trinajstić information content (AvgIpc) is 2.87. The van der Waals surface area contributed by atoms with Crippen LogP contribution in [0.25, 0.3) is 6.08 Å². The van der Waals surface area contributed by atoms with E-state index in [9.17, 15) is 9.59 Å². The van der Waals surface area contributed by atoms with Crippen LogP contribution in [0.15, 0.2) is 29.3 Å². The van der Waals surface area contributed by atoms with Crippen LogP contribution in [0.3, 0.4) is 0 Å². The largest absolute Gasteiger partial charge is 0.493 e. The van der Waals surface area contributed by atoms with Crippen molar-refractivity contribution in [2.24, 2.45) is 4.99 Å². The van der Waals surface area contributed by atoms with E-state index in [4.69, 9.17) is 18.9 Å². The van der Waals surface area contributed by atoms with Gasteiger partial charge in [0.05, 0.1) is 20.8 Å². The highest BCUT2D eigenvalue weighted by Crippen LogP contribution is 2.30. The van der Waals surface area contributed by atoms with Crippen LogP contribution in [0.4, 0.5) is 0 Å². The predicted octanol–water partition coefficient (Wildman–Crippen LogP) is 1.99. The molecule has 0 saturated heterocycles. The fraction of sp³-hybridized carbons (Fsp3) is 0.353. The van der Waals surface area contributed by atoms with Crippen LogP contribution in [0.2, 0.25) is 0 Å². The van der Waals surface area contributed by atoms with Crippen molar-refractivity contribution in [1.82, 2.24) is 0 Å². The molecule has 0 aliphatic carbocycles. The second-order valence-electron chi connectivity index (χ2n) is 4.95. The van der Waals surface area contributed by atoms with Crippen LogP contribution in [0.1, 0.15) is 19.4 Å². The molecule has 0 bridgehead atoms. The van der Waals surface area contributed by atoms with Crippen molar-refractivity contribution in [2.45, 2.75) is 19.4 Å². The molecule has 24 heavy (non-hydrogen) atoms. The lowest BCUT2D eigenvalue weighted by atomic mass is 9.99. The summed E-state index contributed by atoms with van der Waals surface area (Å²) in [5.74, 6) is -0.341. The summed E-state index contributed by atoms with van der Waals surface area (Å²) in [6.07, 6.45) is 2.95. The van der Waals surface area contributed by atoms with Gasteiger partial charge in [0, 0.05) is 6.92 Å². The first-order valence-electron chi connectivity index (χ1n) is 7.34. The minimum absolute atomic E-state index is 0.116. The first-order chi connectivity index (χ1) is 11.5. The van der Waals surface area contributed by atoms with Gasteiger partial charge in [-0.3, -0.25) is 0 Å². The van der Waals surface area contributed by atoms with E-state index in [-0.39, 0.29) is 12.5 Å². The number of esters is 2. The molecule has 0 fully saturated rings. The SMILES string of the molecule is CCOC(=O)C1(/C=C/c2ccc(OC)c(OC)c2)N=C(C)OC1=O. The van der Waals surface area contributed by atoms with Gasteiger partial charge in [-0.15, -0.1) is 0 Å². The molecule has 1 aliphatic heterocycles. The molecule has 7 nitrogen and oxygen atoms in total. The molecule has 1 aliphatic rings. The zero-order valence-electron chi connectivity index (χ0n) is 14.0. The Hall–Kier alpha value is -2.83. The maximum absolute atomic E-state index is 12.2. The third-order valence-corrected chi connectivity index (χ3v) is 3.40. The second kappa shape index (κ2) is 7.16. The van der Waals surface area contributed by atoms with Crippen molar-refractivity contribution in [1.29, 1.82) is 0 Å². The number of benzene rings is 1. The molecule has 7 heteroatoms. The van der Waals surface area contributed by atoms with Gasteiger partial charge in [-0.2, -0.15) is 0 Å². The van der Waals surface area contributed by atoms with Gasteiger partial charge >= 0.3 is 11.9 Å². The molecule has 0 aromatic heterocycles. The lowest BCUT2D eigenvalue weighted by molar-refractivity contribution is -0.155. The topological polar surface area (TPSA) is 83.4 Å². The summed E-state index contributed by atoms with van der Waals surface area (Å²) in [5, 5.41) is 0. The third-order valence-electron chi connectivity index (χ3n) is 3.40. The number of hydrogen-bond donors (Lipinski definition) is 0. The van der Waals surface area contributed by atoms with Crippen molar-refractivity contribution in [3.05, 3.63) is 29.8 Å². The van der Waals surface area contributed by atoms with Gasteiger partial charge in [0.25, 0.3) is 5.54 Å². The van der Waals surface area contributed by atoms with Crippen molar-refractivity contribution >= 4 is 23.9 Å². The van der Waals surface area contributed by atoms with E-state index >= 15 is 0 Å². The van der Waals surface area contributed by atoms with Crippen molar-refractivity contribution in [3.8, 4) is 11.5 Å². The number of hydrogen-bond acceptors (Lipinski definition) is 7. The Bertz CT molecular complexity index is 709. The normalized spacial score (nSPS) is 19.8. The Morgan fingerprint density at radius 3 is 2.54 bits per heavy atom. The van der Waals surface area contributed by atoms with Gasteiger partial charge in [-0.1, -0.05) is 12.1 Å². The zero-order valence-corrected chi connectivity index (χ0v) is 14.0. The molecule has 0 N–H and O–H groups in total. The lowest BCUT2D eigenvalue weighted by Gasteiger charge is -2.15. The van der Waals surface area contributed by atoms with Gasteiger partial charge < -0.3 is 18.9 Å². The lowest BCUT2D eigenvalue weighted by Crippen LogP contribution is -2.42. The number of methoxy groups -OCH3 is 2. The highest BCUT2D eigenvalue weighted by molar-refractivity contribution is 6.15. The van der Waals surface area contributed by atoms with Gasteiger partial charge in [-0.05, 0) is 30.7 Å². The molecule has 0 radical (unpaired) electrons. The van der Waals surface area contributed by atoms with Gasteiger partial charge in [-0.25, -0.2) is 14.6 Å². The van der Waals surface area contributed by atoms with Gasteiger partial charge in [0.15, 0.2) is 17.4 Å². The van der Waals surface area contributed by atoms with Crippen molar-refractivity contribution in [2.75, 3.05) is 20.8 Å². The molecular weight excluding hydrogens is 314 g/mol. The highest BCUT2D eigenvalue weighted by Gasteiger charge is 2.51. The Morgan fingerprint density at radius 1 is 1.29 bits per heavy atom. The van der Waals surface area contributed by atoms with Crippen LogP contribution in [0, 0.1) is 0 Å². The first-order valence-corrected chi connectivity index (χ1v) is 7.34. The third kappa shape index (κ3) is 3.24. The van der Waals surface area contributed by atoms with Crippen molar-refractivity contribution in [3.63, 3.8) is 0 Å². The summed E-state index contributed by atoms with van der Waals surface area (Å²) in [6.45, 7) is 3.29. The minimum Gasteiger partial charge on any atom is -0.493 e. The van der Waals surface area contributed by atoms with E-state index in [1.807, 2.05) is 0 Å². The molecule has 0 saturated carbocycles. The molecule has 1 unspecified atom stereocenters. The summed E-state index contributed by atoms with van der Waals surface area (Å²) in [7, 11) is 3.06. The van der Waals surface area contributed by atoms with Crippen LogP contribution < -0.4 is 9.47 Å². The smallest absolute Gasteiger partial charge is 0.356 e. The standard InChI is InChI=1S/C17H19NO6/c1-5-23-15(19)17(16(20)24-11(2)18-17)9-8-12-6-7-13(21-3)14(10-12)22-4/h6-10H,5H2,1-4H3/b9-8+. The van der Waals surface area contributed by atoms with Crippen LogP contribution in [-0.4, -0.2) is 44.2 Å². The van der Waals surface area contributed by atoms with E-state index in [1.54, 1.807) is 31.2 Å². The maximum Gasteiger partial charge on any atom is 0.356 e. The van der Waals surface area contributed by atoms with E-state index in [1.165, 1.54) is 27.2 Å². The number of cyclic esters (lactones) is 1. The quantitative estimate of drug-likeness (QED) is 0.585. The molecule has 1 aromatic rings. The van der Waals surface area contributed by atoms with Crippen LogP contribution in [-0.2, 0) is 19.1 Å². The number of carbonyl (C=O) groups is 2. The molecule has 0 amide bonds. The molecule has 1 heterocycles. The van der Waals surface area contributed by atoms with Crippen LogP contribution in [0.5, 0.6) is 11.5 Å². The number of ether oxygens (including phenoxy) is 4. The number of carbonyl (C=O) groups excluding carboxylic acids is 2. The molecular formula is C17H19NO6. The van der Waals surface area contributed by atoms with E-state index in [0.29, 0.717) is 17.1 Å². The fourth-order valence-electron chi connectivity index (χ4n) is 2.25. The Labute approximate surface area is 139 Å². The van der Waals surface area contributed by atoms with E-state index < -0.39 is 17.5 Å². The van der Waals surface area contributed by atoms with E-state index in [0.717, 1.165) is 0 Å². The Morgan fingerprint density at radius 2 is 2.00 bits per heavy atom. The monoisotopic (exact) mass is 333 g/mol. The molecule has 128 valence electrons. The highest BCUT2D eigenvalue weighted by atomic mass is 16.6. The summed E-state index contributed by atoms with van der Waals surface area (Å²) >= 11 is 0. The molecule has 1 aromatic carbocycles. The predicted molar refractivity (Wildman–Crippen MR) is 87.1 cm³/mol. The van der Waals surface area contributed by atoms with E-state index in [2.05, 4.69) is 4.99 Å². The second-order valence-corrected chi connectivity index (χ2v) is 4.95. The minimum atomic E-state index is -1.81. The summed E-state index contributed by atoms with van der Waals surface area (Å²) in [6, 6.07) is 5.19. The number of nitrogens with zero attached hydrogens (tertiary/aromatic N) is 1. The van der Waals surface area contributed by atoms with Crippen molar-refractivity contribution < 1.29 is 28.5 Å². The summed E-state index contributed by atoms with van der Waals surface area (Å²) < 4.78 is 20.3. The number of rotatable bonds is 6. The first kappa shape index (κ1) is 17.5. The zero-order chi connectivity index (χ0) is 17.7. The Balaban J connectivity index is 2.39. The summed E-state index contributed by atoms with van der Waals surface area (Å²) in [5.41, 5.74) is -1.11. The molecule has 2 rings (SSSR count).